The monoisotopic (exact) mass is 1060 g/mol. The Balaban J connectivity index is 3.33. The first-order chi connectivity index (χ1) is 30.4. The van der Waals surface area contributed by atoms with Gasteiger partial charge in [-0.1, -0.05) is 77.0 Å². The summed E-state index contributed by atoms with van der Waals surface area (Å²) in [5.74, 6) is 0. The zero-order valence-corrected chi connectivity index (χ0v) is 51.5. The molecule has 384 valence electrons. The van der Waals surface area contributed by atoms with Gasteiger partial charge in [-0.25, -0.2) is 0 Å². The predicted molar refractivity (Wildman–Crippen MR) is 270 cm³/mol. The van der Waals surface area contributed by atoms with Crippen LogP contribution in [0.2, 0.25) is 74.5 Å². The summed E-state index contributed by atoms with van der Waals surface area (Å²) in [7, 11) is -1.28. The Bertz CT molecular complexity index is 971. The first-order valence-electron chi connectivity index (χ1n) is 23.8. The molecule has 0 aromatic heterocycles. The van der Waals surface area contributed by atoms with Crippen molar-refractivity contribution in [1.82, 2.24) is 0 Å². The summed E-state index contributed by atoms with van der Waals surface area (Å²) in [6.45, 7) is 9.16. The fraction of sp³-hybridized carbons (Fsp3) is 1.00. The van der Waals surface area contributed by atoms with Gasteiger partial charge in [-0.2, -0.15) is 0 Å². The van der Waals surface area contributed by atoms with Crippen molar-refractivity contribution in [2.75, 3.05) is 85.3 Å². The maximum absolute atomic E-state index is 7.56. The molecule has 24 heteroatoms. The molecular formula is C40H96O16Si8. The average Bonchev–Trinajstić information content (AvgIpc) is 3.28. The fourth-order valence-corrected chi connectivity index (χ4v) is 39.9. The second kappa shape index (κ2) is 32.1. The van der Waals surface area contributed by atoms with E-state index in [1.807, 2.05) is 0 Å². The van der Waals surface area contributed by atoms with Crippen LogP contribution in [-0.4, -0.2) is 155 Å². The van der Waals surface area contributed by atoms with Crippen molar-refractivity contribution in [2.24, 2.45) is 0 Å². The molecule has 0 atom stereocenters. The third-order valence-electron chi connectivity index (χ3n) is 12.9. The minimum atomic E-state index is -2.77. The van der Waals surface area contributed by atoms with Gasteiger partial charge in [0.05, 0.1) is 0 Å². The van der Waals surface area contributed by atoms with Crippen LogP contribution in [0.4, 0.5) is 0 Å². The molecular weight excluding hydrogens is 961 g/mol. The van der Waals surface area contributed by atoms with Gasteiger partial charge < -0.3 is 69.6 Å². The molecule has 1 saturated heterocycles. The van der Waals surface area contributed by atoms with E-state index in [4.69, 9.17) is 69.6 Å². The molecule has 1 heterocycles. The van der Waals surface area contributed by atoms with Crippen molar-refractivity contribution in [3.05, 3.63) is 0 Å². The molecule has 64 heavy (non-hydrogen) atoms. The quantitative estimate of drug-likeness (QED) is 0.0423. The Hall–Kier alpha value is 1.10. The largest absolute Gasteiger partial charge is 0.500 e. The Labute approximate surface area is 399 Å². The third kappa shape index (κ3) is 22.0. The van der Waals surface area contributed by atoms with Crippen molar-refractivity contribution in [2.45, 2.75) is 177 Å². The minimum Gasteiger partial charge on any atom is -0.416 e. The van der Waals surface area contributed by atoms with E-state index < -0.39 is 69.5 Å². The molecule has 1 rings (SSSR count). The number of unbranched alkanes of at least 4 members (excludes halogenated alkanes) is 12. The predicted octanol–water partition coefficient (Wildman–Crippen LogP) is 10.1. The first-order valence-corrected chi connectivity index (χ1v) is 41.6. The minimum absolute atomic E-state index is 0.798. The highest BCUT2D eigenvalue weighted by Gasteiger charge is 2.56. The van der Waals surface area contributed by atoms with E-state index in [1.165, 1.54) is 0 Å². The number of rotatable bonds is 40. The summed E-state index contributed by atoms with van der Waals surface area (Å²) in [6.07, 6.45) is 16.5. The lowest BCUT2D eigenvalue weighted by molar-refractivity contribution is 0.122. The van der Waals surface area contributed by atoms with Gasteiger partial charge in [0.2, 0.25) is 0 Å². The van der Waals surface area contributed by atoms with Crippen LogP contribution in [0.15, 0.2) is 0 Å². The van der Waals surface area contributed by atoms with Gasteiger partial charge in [0, 0.05) is 109 Å². The summed E-state index contributed by atoms with van der Waals surface area (Å²) >= 11 is 0. The SMILES string of the molecule is CO[Si](CCCCCC[Si]1(C)O[Si](C)(CCCCCC[Si](OC)(OC)OC)O[Si](C)(CCCCCC[Si](OC)(OC)OC)O[Si](C)(CCCCCC[Si](OC)(OC)OC)O1)(OC)OC. The van der Waals surface area contributed by atoms with Gasteiger partial charge >= 0.3 is 69.5 Å². The molecule has 0 N–H and O–H groups in total. The molecule has 0 amide bonds. The van der Waals surface area contributed by atoms with E-state index >= 15 is 0 Å². The van der Waals surface area contributed by atoms with E-state index in [2.05, 4.69) is 26.2 Å². The van der Waals surface area contributed by atoms with Crippen molar-refractivity contribution in [1.29, 1.82) is 0 Å². The van der Waals surface area contributed by atoms with Gasteiger partial charge in [-0.05, 0) is 76.0 Å². The Morgan fingerprint density at radius 2 is 0.375 bits per heavy atom. The zero-order chi connectivity index (χ0) is 48.3. The maximum atomic E-state index is 7.56. The topological polar surface area (TPSA) is 148 Å². The molecule has 0 saturated carbocycles. The second-order valence-electron chi connectivity index (χ2n) is 17.8. The molecule has 0 aromatic carbocycles. The van der Waals surface area contributed by atoms with E-state index in [9.17, 15) is 0 Å². The van der Waals surface area contributed by atoms with E-state index in [0.717, 1.165) is 151 Å². The highest BCUT2D eigenvalue weighted by molar-refractivity contribution is 6.94. The molecule has 1 aliphatic heterocycles. The Kier molecular flexibility index (Phi) is 31.7. The van der Waals surface area contributed by atoms with Crippen LogP contribution in [0.5, 0.6) is 0 Å². The molecule has 0 radical (unpaired) electrons. The lowest BCUT2D eigenvalue weighted by Gasteiger charge is -2.50. The van der Waals surface area contributed by atoms with Crippen LogP contribution in [-0.2, 0) is 69.6 Å². The third-order valence-corrected chi connectivity index (χ3v) is 43.1. The Morgan fingerprint density at radius 3 is 0.516 bits per heavy atom. The average molecular weight is 1060 g/mol. The molecule has 0 unspecified atom stereocenters. The van der Waals surface area contributed by atoms with E-state index in [1.54, 1.807) is 85.3 Å². The molecule has 0 aromatic rings. The molecule has 1 fully saturated rings. The fourth-order valence-electron chi connectivity index (χ4n) is 9.11. The Morgan fingerprint density at radius 1 is 0.234 bits per heavy atom. The lowest BCUT2D eigenvalue weighted by atomic mass is 10.2. The maximum Gasteiger partial charge on any atom is 0.500 e. The standard InChI is InChI=1S/C40H96O16Si8/c1-41-61(42-2,43-3)37-29-21-17-25-33-57(13)53-58(14,34-26-18-22-30-38-62(44-4,45-5)46-6)55-60(16,36-28-20-24-32-40-64(50-10,51-11)52-12)56-59(15,54-57)35-27-19-23-31-39-63(47-7,48-8)49-9/h17-40H2,1-16H3. The molecule has 0 aliphatic carbocycles. The summed E-state index contributed by atoms with van der Waals surface area (Å²) in [5.41, 5.74) is 0. The van der Waals surface area contributed by atoms with Gasteiger partial charge in [-0.3, -0.25) is 0 Å². The number of hydrogen-bond donors (Lipinski definition) is 0. The normalized spacial score (nSPS) is 24.0. The summed E-state index contributed by atoms with van der Waals surface area (Å²) in [5, 5.41) is 0. The number of hydrogen-bond acceptors (Lipinski definition) is 16. The van der Waals surface area contributed by atoms with Crippen molar-refractivity contribution < 1.29 is 69.6 Å². The van der Waals surface area contributed by atoms with Crippen LogP contribution in [0.1, 0.15) is 103 Å². The first kappa shape index (κ1) is 63.1. The van der Waals surface area contributed by atoms with E-state index in [0.29, 0.717) is 0 Å². The van der Waals surface area contributed by atoms with Crippen LogP contribution in [0.3, 0.4) is 0 Å². The highest BCUT2D eigenvalue weighted by Crippen LogP contribution is 2.40. The smallest absolute Gasteiger partial charge is 0.416 e. The van der Waals surface area contributed by atoms with Crippen LogP contribution in [0.25, 0.3) is 0 Å². The summed E-state index contributed by atoms with van der Waals surface area (Å²) in [6, 6.07) is 6.78. The zero-order valence-electron chi connectivity index (χ0n) is 43.5. The molecule has 16 nitrogen and oxygen atoms in total. The second-order valence-corrected chi connectivity index (χ2v) is 44.5. The molecule has 0 spiro atoms. The van der Waals surface area contributed by atoms with Gasteiger partial charge in [0.15, 0.2) is 0 Å². The van der Waals surface area contributed by atoms with E-state index in [-0.39, 0.29) is 0 Å². The van der Waals surface area contributed by atoms with Gasteiger partial charge in [0.1, 0.15) is 0 Å². The van der Waals surface area contributed by atoms with Crippen molar-refractivity contribution in [3.8, 4) is 0 Å². The van der Waals surface area contributed by atoms with Gasteiger partial charge in [-0.15, -0.1) is 0 Å². The van der Waals surface area contributed by atoms with Crippen LogP contribution >= 0.6 is 0 Å². The summed E-state index contributed by atoms with van der Waals surface area (Å²) < 4.78 is 98.4. The highest BCUT2D eigenvalue weighted by atomic mass is 28.5. The molecule has 1 aliphatic rings. The van der Waals surface area contributed by atoms with Crippen LogP contribution in [0, 0.1) is 0 Å². The lowest BCUT2D eigenvalue weighted by Crippen LogP contribution is -2.67. The van der Waals surface area contributed by atoms with Crippen molar-refractivity contribution in [3.63, 3.8) is 0 Å². The van der Waals surface area contributed by atoms with Gasteiger partial charge in [0.25, 0.3) is 0 Å². The van der Waals surface area contributed by atoms with Crippen LogP contribution < -0.4 is 0 Å². The summed E-state index contributed by atoms with van der Waals surface area (Å²) in [4.78, 5) is 0. The van der Waals surface area contributed by atoms with Crippen molar-refractivity contribution >= 4 is 69.5 Å². The molecule has 0 bridgehead atoms.